The van der Waals surface area contributed by atoms with Crippen LogP contribution in [0.5, 0.6) is 0 Å². The van der Waals surface area contributed by atoms with Crippen molar-refractivity contribution in [2.45, 2.75) is 13.0 Å². The molecule has 0 radical (unpaired) electrons. The Bertz CT molecular complexity index is 886. The lowest BCUT2D eigenvalue weighted by Gasteiger charge is -2.05. The molecule has 0 unspecified atom stereocenters. The fraction of sp³-hybridized carbons (Fsp3) is 0.150. The van der Waals surface area contributed by atoms with Crippen molar-refractivity contribution in [1.29, 1.82) is 0 Å². The van der Waals surface area contributed by atoms with E-state index in [1.165, 1.54) is 7.11 Å². The lowest BCUT2D eigenvalue weighted by Crippen LogP contribution is -2.08. The standard InChI is InChI=1S/C20H18N2O4/c1-25-20(24)17-9-7-15(8-10-17)14-26-19(23)11-16-12-21-22(13-16)18-5-3-2-4-6-18/h2-10,12-13H,11,14H2,1H3. The van der Waals surface area contributed by atoms with Gasteiger partial charge < -0.3 is 9.47 Å². The molecule has 0 aliphatic carbocycles. The third-order valence-electron chi connectivity index (χ3n) is 3.78. The maximum atomic E-state index is 12.0. The van der Waals surface area contributed by atoms with E-state index in [0.717, 1.165) is 16.8 Å². The van der Waals surface area contributed by atoms with Gasteiger partial charge in [0.1, 0.15) is 6.61 Å². The summed E-state index contributed by atoms with van der Waals surface area (Å²) in [6.07, 6.45) is 3.61. The van der Waals surface area contributed by atoms with Crippen LogP contribution in [0, 0.1) is 0 Å². The number of para-hydroxylation sites is 1. The van der Waals surface area contributed by atoms with Gasteiger partial charge in [0.05, 0.1) is 31.0 Å². The summed E-state index contributed by atoms with van der Waals surface area (Å²) in [4.78, 5) is 23.4. The van der Waals surface area contributed by atoms with Crippen LogP contribution in [-0.4, -0.2) is 28.8 Å². The van der Waals surface area contributed by atoms with Gasteiger partial charge in [0, 0.05) is 11.8 Å². The molecule has 0 N–H and O–H groups in total. The van der Waals surface area contributed by atoms with Gasteiger partial charge >= 0.3 is 11.9 Å². The number of aromatic nitrogens is 2. The Hall–Kier alpha value is -3.41. The van der Waals surface area contributed by atoms with Crippen LogP contribution in [0.4, 0.5) is 0 Å². The number of carbonyl (C=O) groups is 2. The van der Waals surface area contributed by atoms with E-state index in [4.69, 9.17) is 4.74 Å². The third-order valence-corrected chi connectivity index (χ3v) is 3.78. The van der Waals surface area contributed by atoms with E-state index in [0.29, 0.717) is 5.56 Å². The van der Waals surface area contributed by atoms with Gasteiger partial charge in [0.15, 0.2) is 0 Å². The fourth-order valence-corrected chi connectivity index (χ4v) is 2.41. The summed E-state index contributed by atoms with van der Waals surface area (Å²) in [6, 6.07) is 16.4. The number of carbonyl (C=O) groups excluding carboxylic acids is 2. The Morgan fingerprint density at radius 2 is 1.73 bits per heavy atom. The minimum Gasteiger partial charge on any atom is -0.465 e. The summed E-state index contributed by atoms with van der Waals surface area (Å²) in [5, 5.41) is 4.26. The number of ether oxygens (including phenoxy) is 2. The first-order valence-corrected chi connectivity index (χ1v) is 8.07. The number of nitrogens with zero attached hydrogens (tertiary/aromatic N) is 2. The van der Waals surface area contributed by atoms with Gasteiger partial charge in [0.25, 0.3) is 0 Å². The first kappa shape index (κ1) is 17.4. The SMILES string of the molecule is COC(=O)c1ccc(COC(=O)Cc2cnn(-c3ccccc3)c2)cc1. The van der Waals surface area contributed by atoms with E-state index in [-0.39, 0.29) is 19.0 Å². The van der Waals surface area contributed by atoms with E-state index in [1.54, 1.807) is 35.1 Å². The minimum atomic E-state index is -0.399. The highest BCUT2D eigenvalue weighted by Gasteiger charge is 2.09. The second kappa shape index (κ2) is 8.11. The van der Waals surface area contributed by atoms with Crippen LogP contribution in [0.2, 0.25) is 0 Å². The summed E-state index contributed by atoms with van der Waals surface area (Å²) in [6.45, 7) is 0.146. The van der Waals surface area contributed by atoms with Crippen LogP contribution in [0.15, 0.2) is 67.0 Å². The molecule has 3 rings (SSSR count). The number of methoxy groups -OCH3 is 1. The van der Waals surface area contributed by atoms with Crippen molar-refractivity contribution in [2.24, 2.45) is 0 Å². The first-order chi connectivity index (χ1) is 12.7. The summed E-state index contributed by atoms with van der Waals surface area (Å²) >= 11 is 0. The molecule has 26 heavy (non-hydrogen) atoms. The Balaban J connectivity index is 1.53. The zero-order chi connectivity index (χ0) is 18.4. The molecule has 132 valence electrons. The summed E-state index contributed by atoms with van der Waals surface area (Å²) < 4.78 is 11.6. The maximum Gasteiger partial charge on any atom is 0.337 e. The minimum absolute atomic E-state index is 0.146. The second-order valence-corrected chi connectivity index (χ2v) is 5.65. The summed E-state index contributed by atoms with van der Waals surface area (Å²) in [5.74, 6) is -0.737. The molecule has 1 aromatic heterocycles. The zero-order valence-corrected chi connectivity index (χ0v) is 14.3. The van der Waals surface area contributed by atoms with Crippen molar-refractivity contribution in [3.05, 3.63) is 83.7 Å². The number of hydrogen-bond donors (Lipinski definition) is 0. The zero-order valence-electron chi connectivity index (χ0n) is 14.3. The summed E-state index contributed by atoms with van der Waals surface area (Å²) in [7, 11) is 1.33. The topological polar surface area (TPSA) is 70.4 Å². The number of hydrogen-bond acceptors (Lipinski definition) is 5. The van der Waals surface area contributed by atoms with Crippen molar-refractivity contribution >= 4 is 11.9 Å². The molecular formula is C20H18N2O4. The van der Waals surface area contributed by atoms with Crippen molar-refractivity contribution in [2.75, 3.05) is 7.11 Å². The number of rotatable bonds is 6. The van der Waals surface area contributed by atoms with Crippen molar-refractivity contribution in [1.82, 2.24) is 9.78 Å². The van der Waals surface area contributed by atoms with E-state index in [2.05, 4.69) is 9.84 Å². The fourth-order valence-electron chi connectivity index (χ4n) is 2.41. The Morgan fingerprint density at radius 1 is 1.00 bits per heavy atom. The van der Waals surface area contributed by atoms with E-state index >= 15 is 0 Å². The van der Waals surface area contributed by atoms with E-state index < -0.39 is 5.97 Å². The molecule has 0 saturated heterocycles. The predicted octanol–water partition coefficient (Wildman–Crippen LogP) is 2.94. The predicted molar refractivity (Wildman–Crippen MR) is 94.8 cm³/mol. The van der Waals surface area contributed by atoms with Gasteiger partial charge in [-0.3, -0.25) is 4.79 Å². The Morgan fingerprint density at radius 3 is 2.42 bits per heavy atom. The smallest absolute Gasteiger partial charge is 0.337 e. The average molecular weight is 350 g/mol. The number of esters is 2. The monoisotopic (exact) mass is 350 g/mol. The molecule has 0 amide bonds. The molecule has 0 fully saturated rings. The molecule has 0 atom stereocenters. The largest absolute Gasteiger partial charge is 0.465 e. The van der Waals surface area contributed by atoms with Gasteiger partial charge in [-0.15, -0.1) is 0 Å². The highest BCUT2D eigenvalue weighted by Crippen LogP contribution is 2.10. The quantitative estimate of drug-likeness (QED) is 0.639. The molecule has 0 aliphatic rings. The van der Waals surface area contributed by atoms with Crippen LogP contribution < -0.4 is 0 Å². The van der Waals surface area contributed by atoms with Crippen LogP contribution >= 0.6 is 0 Å². The average Bonchev–Trinajstić information content (AvgIpc) is 3.15. The molecule has 1 heterocycles. The van der Waals surface area contributed by atoms with Gasteiger partial charge in [0.2, 0.25) is 0 Å². The van der Waals surface area contributed by atoms with Gasteiger partial charge in [-0.05, 0) is 29.8 Å². The van der Waals surface area contributed by atoms with Crippen LogP contribution in [-0.2, 0) is 27.3 Å². The molecule has 0 saturated carbocycles. The third kappa shape index (κ3) is 4.36. The summed E-state index contributed by atoms with van der Waals surface area (Å²) in [5.41, 5.74) is 2.96. The molecule has 0 spiro atoms. The van der Waals surface area contributed by atoms with Gasteiger partial charge in [-0.1, -0.05) is 30.3 Å². The van der Waals surface area contributed by atoms with Gasteiger partial charge in [-0.25, -0.2) is 9.48 Å². The normalized spacial score (nSPS) is 10.3. The lowest BCUT2D eigenvalue weighted by molar-refractivity contribution is -0.144. The van der Waals surface area contributed by atoms with Crippen LogP contribution in [0.3, 0.4) is 0 Å². The van der Waals surface area contributed by atoms with Crippen molar-refractivity contribution in [3.63, 3.8) is 0 Å². The molecule has 2 aromatic carbocycles. The second-order valence-electron chi connectivity index (χ2n) is 5.65. The molecule has 6 heteroatoms. The van der Waals surface area contributed by atoms with Gasteiger partial charge in [-0.2, -0.15) is 5.10 Å². The molecule has 3 aromatic rings. The molecular weight excluding hydrogens is 332 g/mol. The van der Waals surface area contributed by atoms with Crippen molar-refractivity contribution in [3.8, 4) is 5.69 Å². The highest BCUT2D eigenvalue weighted by molar-refractivity contribution is 5.89. The molecule has 0 aliphatic heterocycles. The lowest BCUT2D eigenvalue weighted by atomic mass is 10.1. The first-order valence-electron chi connectivity index (χ1n) is 8.07. The van der Waals surface area contributed by atoms with E-state index in [9.17, 15) is 9.59 Å². The highest BCUT2D eigenvalue weighted by atomic mass is 16.5. The van der Waals surface area contributed by atoms with Crippen LogP contribution in [0.1, 0.15) is 21.5 Å². The molecule has 6 nitrogen and oxygen atoms in total. The van der Waals surface area contributed by atoms with Crippen LogP contribution in [0.25, 0.3) is 5.69 Å². The molecule has 0 bridgehead atoms. The maximum absolute atomic E-state index is 12.0. The Kier molecular flexibility index (Phi) is 5.43. The van der Waals surface area contributed by atoms with Crippen molar-refractivity contribution < 1.29 is 19.1 Å². The number of benzene rings is 2. The Labute approximate surface area is 151 Å². The van der Waals surface area contributed by atoms with E-state index in [1.807, 2.05) is 36.5 Å².